The number of rotatable bonds is 6. The molecule has 4 nitrogen and oxygen atoms in total. The Morgan fingerprint density at radius 3 is 2.83 bits per heavy atom. The molecule has 0 spiro atoms. The van der Waals surface area contributed by atoms with Crippen LogP contribution in [0.2, 0.25) is 0 Å². The number of thiazole rings is 1. The summed E-state index contributed by atoms with van der Waals surface area (Å²) in [5.41, 5.74) is 5.79. The quantitative estimate of drug-likeness (QED) is 0.663. The highest BCUT2D eigenvalue weighted by Crippen LogP contribution is 2.27. The third-order valence-electron chi connectivity index (χ3n) is 5.39. The summed E-state index contributed by atoms with van der Waals surface area (Å²) < 4.78 is 0. The summed E-state index contributed by atoms with van der Waals surface area (Å²) in [4.78, 5) is 19.6. The minimum atomic E-state index is 0.0639. The molecule has 150 valence electrons. The molecule has 1 amide bonds. The van der Waals surface area contributed by atoms with E-state index in [9.17, 15) is 4.79 Å². The van der Waals surface area contributed by atoms with Gasteiger partial charge in [0.2, 0.25) is 5.91 Å². The van der Waals surface area contributed by atoms with E-state index in [2.05, 4.69) is 66.5 Å². The lowest BCUT2D eigenvalue weighted by atomic mass is 10.1. The van der Waals surface area contributed by atoms with Gasteiger partial charge in [0, 0.05) is 36.6 Å². The predicted molar refractivity (Wildman–Crippen MR) is 119 cm³/mol. The highest BCUT2D eigenvalue weighted by atomic mass is 32.1. The summed E-state index contributed by atoms with van der Waals surface area (Å²) in [6.07, 6.45) is 1.35. The van der Waals surface area contributed by atoms with Crippen molar-refractivity contribution in [3.05, 3.63) is 76.3 Å². The first-order valence-corrected chi connectivity index (χ1v) is 11.0. The number of hydrogen-bond acceptors (Lipinski definition) is 4. The Bertz CT molecular complexity index is 983. The van der Waals surface area contributed by atoms with Crippen molar-refractivity contribution in [1.29, 1.82) is 0 Å². The van der Waals surface area contributed by atoms with Crippen LogP contribution in [0.25, 0.3) is 10.6 Å². The van der Waals surface area contributed by atoms with Gasteiger partial charge in [-0.2, -0.15) is 0 Å². The maximum atomic E-state index is 12.5. The Hall–Kier alpha value is -2.50. The molecule has 1 N–H and O–H groups in total. The maximum Gasteiger partial charge on any atom is 0.226 e. The molecule has 0 aliphatic carbocycles. The van der Waals surface area contributed by atoms with Gasteiger partial charge in [0.15, 0.2) is 0 Å². The van der Waals surface area contributed by atoms with E-state index in [1.165, 1.54) is 16.7 Å². The molecular weight excluding hydrogens is 378 g/mol. The summed E-state index contributed by atoms with van der Waals surface area (Å²) in [5.74, 6) is 0.0639. The van der Waals surface area contributed by atoms with E-state index in [-0.39, 0.29) is 11.9 Å². The third-order valence-corrected chi connectivity index (χ3v) is 6.32. The van der Waals surface area contributed by atoms with Crippen molar-refractivity contribution in [3.63, 3.8) is 0 Å². The fourth-order valence-electron chi connectivity index (χ4n) is 3.94. The van der Waals surface area contributed by atoms with Gasteiger partial charge in [-0.05, 0) is 31.4 Å². The molecule has 3 aromatic rings. The molecule has 29 heavy (non-hydrogen) atoms. The second-order valence-corrected chi connectivity index (χ2v) is 8.77. The number of aryl methyl sites for hydroxylation is 2. The van der Waals surface area contributed by atoms with Crippen molar-refractivity contribution in [1.82, 2.24) is 15.2 Å². The second kappa shape index (κ2) is 8.89. The first-order chi connectivity index (χ1) is 14.1. The minimum Gasteiger partial charge on any atom is -0.352 e. The monoisotopic (exact) mass is 405 g/mol. The van der Waals surface area contributed by atoms with Crippen LogP contribution in [-0.2, 0) is 17.8 Å². The van der Waals surface area contributed by atoms with Crippen LogP contribution < -0.4 is 5.32 Å². The zero-order chi connectivity index (χ0) is 20.2. The topological polar surface area (TPSA) is 45.2 Å². The molecule has 5 heteroatoms. The van der Waals surface area contributed by atoms with Gasteiger partial charge in [-0.15, -0.1) is 11.3 Å². The largest absolute Gasteiger partial charge is 0.352 e. The lowest BCUT2D eigenvalue weighted by molar-refractivity contribution is -0.121. The molecule has 1 aliphatic rings. The van der Waals surface area contributed by atoms with Crippen molar-refractivity contribution >= 4 is 17.2 Å². The van der Waals surface area contributed by atoms with E-state index < -0.39 is 0 Å². The van der Waals surface area contributed by atoms with E-state index in [1.807, 2.05) is 11.4 Å². The number of carbonyl (C=O) groups is 1. The molecule has 1 aromatic heterocycles. The molecule has 0 radical (unpaired) electrons. The first-order valence-electron chi connectivity index (χ1n) is 10.1. The van der Waals surface area contributed by atoms with E-state index >= 15 is 0 Å². The lowest BCUT2D eigenvalue weighted by Crippen LogP contribution is -2.37. The van der Waals surface area contributed by atoms with Crippen molar-refractivity contribution in [2.75, 3.05) is 13.1 Å². The van der Waals surface area contributed by atoms with Crippen LogP contribution in [0.3, 0.4) is 0 Å². The van der Waals surface area contributed by atoms with Gasteiger partial charge in [0.1, 0.15) is 5.01 Å². The van der Waals surface area contributed by atoms with Crippen LogP contribution in [0.1, 0.15) is 28.8 Å². The number of likely N-dealkylation sites (tertiary alicyclic amines) is 1. The first kappa shape index (κ1) is 19.8. The summed E-state index contributed by atoms with van der Waals surface area (Å²) in [5, 5.41) is 6.19. The van der Waals surface area contributed by atoms with Crippen molar-refractivity contribution in [2.45, 2.75) is 39.3 Å². The molecule has 0 bridgehead atoms. The van der Waals surface area contributed by atoms with Gasteiger partial charge in [-0.25, -0.2) is 4.98 Å². The zero-order valence-corrected chi connectivity index (χ0v) is 17.8. The molecule has 1 atom stereocenters. The lowest BCUT2D eigenvalue weighted by Gasteiger charge is -2.16. The maximum absolute atomic E-state index is 12.5. The van der Waals surface area contributed by atoms with Crippen LogP contribution in [0, 0.1) is 13.8 Å². The number of amides is 1. The average Bonchev–Trinajstić information content (AvgIpc) is 3.32. The predicted octanol–water partition coefficient (Wildman–Crippen LogP) is 4.36. The van der Waals surface area contributed by atoms with Gasteiger partial charge >= 0.3 is 0 Å². The number of nitrogens with one attached hydrogen (secondary N) is 1. The Kier molecular flexibility index (Phi) is 6.07. The van der Waals surface area contributed by atoms with E-state index in [0.717, 1.165) is 42.3 Å². The molecule has 0 unspecified atom stereocenters. The Balaban J connectivity index is 1.30. The molecule has 1 aliphatic heterocycles. The van der Waals surface area contributed by atoms with Crippen LogP contribution in [0.15, 0.2) is 53.9 Å². The third kappa shape index (κ3) is 5.11. The number of benzene rings is 2. The fourth-order valence-corrected chi connectivity index (χ4v) is 4.85. The van der Waals surface area contributed by atoms with Gasteiger partial charge in [-0.3, -0.25) is 9.69 Å². The van der Waals surface area contributed by atoms with Crippen LogP contribution in [0.4, 0.5) is 0 Å². The fraction of sp³-hybridized carbons (Fsp3) is 0.333. The smallest absolute Gasteiger partial charge is 0.226 e. The van der Waals surface area contributed by atoms with E-state index in [0.29, 0.717) is 6.42 Å². The summed E-state index contributed by atoms with van der Waals surface area (Å²) in [7, 11) is 0. The number of aromatic nitrogens is 1. The van der Waals surface area contributed by atoms with E-state index in [4.69, 9.17) is 4.98 Å². The number of hydrogen-bond donors (Lipinski definition) is 1. The number of nitrogens with zero attached hydrogens (tertiary/aromatic N) is 2. The summed E-state index contributed by atoms with van der Waals surface area (Å²) >= 11 is 1.61. The van der Waals surface area contributed by atoms with Gasteiger partial charge < -0.3 is 5.32 Å². The van der Waals surface area contributed by atoms with Gasteiger partial charge in [-0.1, -0.05) is 54.1 Å². The number of carbonyl (C=O) groups excluding carboxylic acids is 1. The molecule has 0 saturated carbocycles. The molecule has 1 fully saturated rings. The van der Waals surface area contributed by atoms with Crippen molar-refractivity contribution in [3.8, 4) is 10.6 Å². The second-order valence-electron chi connectivity index (χ2n) is 7.91. The van der Waals surface area contributed by atoms with Gasteiger partial charge in [0.05, 0.1) is 12.1 Å². The molecule has 2 heterocycles. The average molecular weight is 406 g/mol. The normalized spacial score (nSPS) is 16.8. The summed E-state index contributed by atoms with van der Waals surface area (Å²) in [6.45, 7) is 7.08. The van der Waals surface area contributed by atoms with Crippen molar-refractivity contribution < 1.29 is 4.79 Å². The Morgan fingerprint density at radius 2 is 2.03 bits per heavy atom. The van der Waals surface area contributed by atoms with E-state index in [1.54, 1.807) is 11.3 Å². The Labute approximate surface area is 176 Å². The molecule has 1 saturated heterocycles. The SMILES string of the molecule is Cc1ccc(-c2nc(CC(=O)N[C@@H]3CCN(Cc4ccccc4)C3)cs2)c(C)c1. The molecular formula is C24H27N3OS. The van der Waals surface area contributed by atoms with Crippen molar-refractivity contribution in [2.24, 2.45) is 0 Å². The molecule has 2 aromatic carbocycles. The Morgan fingerprint density at radius 1 is 1.21 bits per heavy atom. The van der Waals surface area contributed by atoms with Crippen LogP contribution in [-0.4, -0.2) is 34.9 Å². The summed E-state index contributed by atoms with van der Waals surface area (Å²) in [6, 6.07) is 17.1. The highest BCUT2D eigenvalue weighted by Gasteiger charge is 2.24. The van der Waals surface area contributed by atoms with Crippen LogP contribution >= 0.6 is 11.3 Å². The minimum absolute atomic E-state index is 0.0639. The highest BCUT2D eigenvalue weighted by molar-refractivity contribution is 7.13. The van der Waals surface area contributed by atoms with Crippen LogP contribution in [0.5, 0.6) is 0 Å². The standard InChI is InChI=1S/C24H27N3OS/c1-17-8-9-22(18(2)12-17)24-26-21(16-29-24)13-23(28)25-20-10-11-27(15-20)14-19-6-4-3-5-7-19/h3-9,12,16,20H,10-11,13-15H2,1-2H3,(H,25,28)/t20-/m1/s1. The molecule has 4 rings (SSSR count). The zero-order valence-electron chi connectivity index (χ0n) is 17.0. The van der Waals surface area contributed by atoms with Gasteiger partial charge in [0.25, 0.3) is 0 Å².